The minimum absolute atomic E-state index is 0.0345. The van der Waals surface area contributed by atoms with Crippen molar-refractivity contribution in [3.8, 4) is 11.5 Å². The van der Waals surface area contributed by atoms with Crippen LogP contribution in [0, 0.1) is 5.82 Å². The van der Waals surface area contributed by atoms with Crippen molar-refractivity contribution in [2.45, 2.75) is 39.2 Å². The lowest BCUT2D eigenvalue weighted by molar-refractivity contribution is 0.0597. The highest BCUT2D eigenvalue weighted by Crippen LogP contribution is 2.31. The molecule has 1 atom stereocenters. The maximum atomic E-state index is 13.1. The Balaban J connectivity index is 2.41. The predicted octanol–water partition coefficient (Wildman–Crippen LogP) is 5.45. The van der Waals surface area contributed by atoms with Crippen LogP contribution in [0.5, 0.6) is 11.5 Å². The van der Waals surface area contributed by atoms with Crippen LogP contribution in [0.2, 0.25) is 0 Å². The average molecular weight is 372 g/mol. The molecule has 1 N–H and O–H groups in total. The molecular weight excluding hydrogens is 347 g/mol. The van der Waals surface area contributed by atoms with Crippen molar-refractivity contribution in [1.82, 2.24) is 0 Å². The van der Waals surface area contributed by atoms with E-state index >= 15 is 0 Å². The largest absolute Gasteiger partial charge is 0.507 e. The lowest BCUT2D eigenvalue weighted by Gasteiger charge is -2.18. The van der Waals surface area contributed by atoms with Crippen LogP contribution in [-0.2, 0) is 4.74 Å². The number of aromatic hydroxyl groups is 1. The fourth-order valence-electron chi connectivity index (χ4n) is 2.77. The van der Waals surface area contributed by atoms with Crippen LogP contribution in [0.15, 0.2) is 36.4 Å². The number of carbonyl (C=O) groups is 1. The Morgan fingerprint density at radius 3 is 2.48 bits per heavy atom. The van der Waals surface area contributed by atoms with Crippen LogP contribution in [-0.4, -0.2) is 24.3 Å². The minimum Gasteiger partial charge on any atom is -0.507 e. The van der Waals surface area contributed by atoms with E-state index in [1.165, 1.54) is 25.3 Å². The van der Waals surface area contributed by atoms with E-state index in [0.29, 0.717) is 11.3 Å². The van der Waals surface area contributed by atoms with E-state index in [2.05, 4.69) is 6.92 Å². The number of rotatable bonds is 8. The average Bonchev–Trinajstić information content (AvgIpc) is 2.66. The van der Waals surface area contributed by atoms with Gasteiger partial charge in [-0.15, -0.1) is 0 Å². The zero-order valence-corrected chi connectivity index (χ0v) is 15.9. The van der Waals surface area contributed by atoms with Gasteiger partial charge in [-0.2, -0.15) is 0 Å². The number of phenolic OH excluding ortho intramolecular Hbond substituents is 1. The van der Waals surface area contributed by atoms with Gasteiger partial charge >= 0.3 is 5.97 Å². The second-order valence-electron chi connectivity index (χ2n) is 6.22. The number of benzene rings is 2. The molecule has 0 spiro atoms. The van der Waals surface area contributed by atoms with Gasteiger partial charge in [0.2, 0.25) is 0 Å². The SMILES string of the molecule is CCCC(CC)Oc1cc(O)c(C(=O)OC)c(C=Cc2ccc(F)cc2)c1. The van der Waals surface area contributed by atoms with Crippen LogP contribution in [0.4, 0.5) is 4.39 Å². The van der Waals surface area contributed by atoms with E-state index in [4.69, 9.17) is 9.47 Å². The van der Waals surface area contributed by atoms with Crippen molar-refractivity contribution in [1.29, 1.82) is 0 Å². The van der Waals surface area contributed by atoms with E-state index < -0.39 is 5.97 Å². The van der Waals surface area contributed by atoms with Gasteiger partial charge in [0.1, 0.15) is 22.9 Å². The molecule has 2 rings (SSSR count). The van der Waals surface area contributed by atoms with Gasteiger partial charge in [-0.1, -0.05) is 44.6 Å². The third-order valence-corrected chi connectivity index (χ3v) is 4.21. The first-order valence-corrected chi connectivity index (χ1v) is 9.04. The van der Waals surface area contributed by atoms with E-state index in [9.17, 15) is 14.3 Å². The summed E-state index contributed by atoms with van der Waals surface area (Å²) in [7, 11) is 1.26. The molecule has 0 bridgehead atoms. The Bertz CT molecular complexity index is 797. The molecule has 0 saturated carbocycles. The normalized spacial score (nSPS) is 12.1. The van der Waals surface area contributed by atoms with Gasteiger partial charge in [0.05, 0.1) is 13.2 Å². The maximum Gasteiger partial charge on any atom is 0.342 e. The van der Waals surface area contributed by atoms with Crippen LogP contribution in [0.3, 0.4) is 0 Å². The molecule has 0 radical (unpaired) electrons. The second-order valence-corrected chi connectivity index (χ2v) is 6.22. The zero-order valence-electron chi connectivity index (χ0n) is 15.9. The highest BCUT2D eigenvalue weighted by atomic mass is 19.1. The number of carbonyl (C=O) groups excluding carboxylic acids is 1. The Hall–Kier alpha value is -2.82. The van der Waals surface area contributed by atoms with Gasteiger partial charge in [0.25, 0.3) is 0 Å². The quantitative estimate of drug-likeness (QED) is 0.495. The molecule has 0 aliphatic rings. The zero-order chi connectivity index (χ0) is 19.8. The van der Waals surface area contributed by atoms with Crippen LogP contribution in [0.25, 0.3) is 12.2 Å². The number of esters is 1. The molecular formula is C22H25FO4. The molecule has 0 heterocycles. The molecule has 144 valence electrons. The molecule has 1 unspecified atom stereocenters. The van der Waals surface area contributed by atoms with Crippen molar-refractivity contribution in [3.63, 3.8) is 0 Å². The summed E-state index contributed by atoms with van der Waals surface area (Å²) in [5.74, 6) is -0.681. The Morgan fingerprint density at radius 2 is 1.89 bits per heavy atom. The molecule has 0 fully saturated rings. The summed E-state index contributed by atoms with van der Waals surface area (Å²) in [5, 5.41) is 10.4. The standard InChI is InChI=1S/C22H25FO4/c1-4-6-18(5-2)27-19-13-16(21(20(24)14-19)22(25)26-3)10-7-15-8-11-17(23)12-9-15/h7-14,18,24H,4-6H2,1-3H3. The molecule has 5 heteroatoms. The Labute approximate surface area is 159 Å². The topological polar surface area (TPSA) is 55.8 Å². The van der Waals surface area contributed by atoms with Crippen molar-refractivity contribution < 1.29 is 23.8 Å². The molecule has 27 heavy (non-hydrogen) atoms. The van der Waals surface area contributed by atoms with Gasteiger partial charge in [-0.3, -0.25) is 0 Å². The van der Waals surface area contributed by atoms with Crippen LogP contribution >= 0.6 is 0 Å². The van der Waals surface area contributed by atoms with Gasteiger partial charge in [0, 0.05) is 6.07 Å². The van der Waals surface area contributed by atoms with E-state index in [1.54, 1.807) is 30.4 Å². The highest BCUT2D eigenvalue weighted by Gasteiger charge is 2.19. The van der Waals surface area contributed by atoms with Crippen molar-refractivity contribution in [2.75, 3.05) is 7.11 Å². The Morgan fingerprint density at radius 1 is 1.19 bits per heavy atom. The number of phenols is 1. The van der Waals surface area contributed by atoms with Crippen molar-refractivity contribution in [2.24, 2.45) is 0 Å². The smallest absolute Gasteiger partial charge is 0.342 e. The summed E-state index contributed by atoms with van der Waals surface area (Å²) >= 11 is 0. The van der Waals surface area contributed by atoms with Gasteiger partial charge in [0.15, 0.2) is 0 Å². The number of methoxy groups -OCH3 is 1. The maximum absolute atomic E-state index is 13.1. The van der Waals surface area contributed by atoms with Crippen LogP contribution < -0.4 is 4.74 Å². The minimum atomic E-state index is -0.640. The summed E-state index contributed by atoms with van der Waals surface area (Å²) in [6, 6.07) is 9.09. The lowest BCUT2D eigenvalue weighted by atomic mass is 10.0. The second kappa shape index (κ2) is 9.76. The summed E-state index contributed by atoms with van der Waals surface area (Å²) in [5.41, 5.74) is 1.29. The first-order chi connectivity index (χ1) is 13.0. The number of hydrogen-bond acceptors (Lipinski definition) is 4. The van der Waals surface area contributed by atoms with Gasteiger partial charge in [-0.05, 0) is 42.2 Å². The predicted molar refractivity (Wildman–Crippen MR) is 104 cm³/mol. The molecule has 0 saturated heterocycles. The Kier molecular flexibility index (Phi) is 7.41. The fraction of sp³-hybridized carbons (Fsp3) is 0.318. The third kappa shape index (κ3) is 5.58. The van der Waals surface area contributed by atoms with Crippen LogP contribution in [0.1, 0.15) is 54.6 Å². The molecule has 2 aromatic carbocycles. The van der Waals surface area contributed by atoms with Crippen molar-refractivity contribution >= 4 is 18.1 Å². The number of hydrogen-bond donors (Lipinski definition) is 1. The molecule has 4 nitrogen and oxygen atoms in total. The third-order valence-electron chi connectivity index (χ3n) is 4.21. The molecule has 0 aromatic heterocycles. The summed E-state index contributed by atoms with van der Waals surface area (Å²) in [6.45, 7) is 4.12. The van der Waals surface area contributed by atoms with Gasteiger partial charge in [-0.25, -0.2) is 9.18 Å². The monoisotopic (exact) mass is 372 g/mol. The van der Waals surface area contributed by atoms with E-state index in [0.717, 1.165) is 24.8 Å². The number of halogens is 1. The van der Waals surface area contributed by atoms with E-state index in [1.807, 2.05) is 6.92 Å². The van der Waals surface area contributed by atoms with E-state index in [-0.39, 0.29) is 23.2 Å². The first-order valence-electron chi connectivity index (χ1n) is 9.04. The highest BCUT2D eigenvalue weighted by molar-refractivity contribution is 5.98. The summed E-state index contributed by atoms with van der Waals surface area (Å²) in [6.07, 6.45) is 6.17. The van der Waals surface area contributed by atoms with Crippen molar-refractivity contribution in [3.05, 3.63) is 58.9 Å². The lowest BCUT2D eigenvalue weighted by Crippen LogP contribution is -2.15. The molecule has 0 aliphatic carbocycles. The summed E-state index contributed by atoms with van der Waals surface area (Å²) < 4.78 is 23.8. The fourth-order valence-corrected chi connectivity index (χ4v) is 2.77. The molecule has 2 aromatic rings. The molecule has 0 aliphatic heterocycles. The van der Waals surface area contributed by atoms with Gasteiger partial charge < -0.3 is 14.6 Å². The molecule has 0 amide bonds. The number of ether oxygens (including phenoxy) is 2. The first kappa shape index (κ1) is 20.5. The summed E-state index contributed by atoms with van der Waals surface area (Å²) in [4.78, 5) is 12.1.